The Bertz CT molecular complexity index is 500. The van der Waals surface area contributed by atoms with Crippen molar-refractivity contribution < 1.29 is 4.39 Å². The molecule has 0 unspecified atom stereocenters. The number of benzene rings is 1. The first-order valence-electron chi connectivity index (χ1n) is 3.75. The van der Waals surface area contributed by atoms with E-state index in [0.29, 0.717) is 16.5 Å². The van der Waals surface area contributed by atoms with Gasteiger partial charge in [0.2, 0.25) is 0 Å². The maximum Gasteiger partial charge on any atom is 0.132 e. The van der Waals surface area contributed by atoms with Gasteiger partial charge >= 0.3 is 0 Å². The van der Waals surface area contributed by atoms with E-state index in [0.717, 1.165) is 0 Å². The normalized spacial score (nSPS) is 9.85. The summed E-state index contributed by atoms with van der Waals surface area (Å²) in [5.74, 6) is -0.345. The van der Waals surface area contributed by atoms with E-state index < -0.39 is 0 Å². The van der Waals surface area contributed by atoms with Crippen LogP contribution in [-0.4, -0.2) is 4.98 Å². The number of nitrogens with zero attached hydrogens (tertiary/aromatic N) is 2. The lowest BCUT2D eigenvalue weighted by Gasteiger charge is -1.97. The Morgan fingerprint density at radius 1 is 1.38 bits per heavy atom. The molecule has 0 amide bonds. The SMILES string of the molecule is N#Cc1cnc2cccc(F)c2c1. The lowest BCUT2D eigenvalue weighted by atomic mass is 10.1. The van der Waals surface area contributed by atoms with Gasteiger partial charge < -0.3 is 0 Å². The molecule has 0 saturated heterocycles. The summed E-state index contributed by atoms with van der Waals surface area (Å²) in [4.78, 5) is 3.95. The summed E-state index contributed by atoms with van der Waals surface area (Å²) >= 11 is 0. The Hall–Kier alpha value is -1.95. The van der Waals surface area contributed by atoms with Crippen molar-refractivity contribution in [2.24, 2.45) is 0 Å². The van der Waals surface area contributed by atoms with Crippen LogP contribution in [0.4, 0.5) is 4.39 Å². The number of aromatic nitrogens is 1. The van der Waals surface area contributed by atoms with Crippen LogP contribution in [0, 0.1) is 17.1 Å². The van der Waals surface area contributed by atoms with Gasteiger partial charge in [0.25, 0.3) is 0 Å². The van der Waals surface area contributed by atoms with Crippen molar-refractivity contribution in [3.8, 4) is 6.07 Å². The van der Waals surface area contributed by atoms with Crippen LogP contribution in [0.5, 0.6) is 0 Å². The Morgan fingerprint density at radius 3 is 3.00 bits per heavy atom. The van der Waals surface area contributed by atoms with Crippen LogP contribution in [0.25, 0.3) is 10.9 Å². The van der Waals surface area contributed by atoms with Gasteiger partial charge in [-0.1, -0.05) is 6.07 Å². The summed E-state index contributed by atoms with van der Waals surface area (Å²) in [5, 5.41) is 8.97. The molecule has 0 aliphatic carbocycles. The fraction of sp³-hybridized carbons (Fsp3) is 0. The second-order valence-electron chi connectivity index (χ2n) is 2.64. The first-order valence-corrected chi connectivity index (χ1v) is 3.75. The highest BCUT2D eigenvalue weighted by Gasteiger charge is 2.01. The van der Waals surface area contributed by atoms with Gasteiger partial charge in [-0.2, -0.15) is 5.26 Å². The quantitative estimate of drug-likeness (QED) is 0.611. The van der Waals surface area contributed by atoms with Crippen LogP contribution in [0.1, 0.15) is 5.56 Å². The molecule has 0 aliphatic heterocycles. The average molecular weight is 172 g/mol. The predicted octanol–water partition coefficient (Wildman–Crippen LogP) is 2.25. The molecule has 2 nitrogen and oxygen atoms in total. The molecule has 0 radical (unpaired) electrons. The number of pyridine rings is 1. The molecule has 0 spiro atoms. The fourth-order valence-corrected chi connectivity index (χ4v) is 1.17. The van der Waals surface area contributed by atoms with Crippen LogP contribution in [0.3, 0.4) is 0 Å². The molecule has 0 atom stereocenters. The molecule has 3 heteroatoms. The van der Waals surface area contributed by atoms with Crippen molar-refractivity contribution in [3.63, 3.8) is 0 Å². The van der Waals surface area contributed by atoms with E-state index in [1.165, 1.54) is 18.3 Å². The van der Waals surface area contributed by atoms with Crippen LogP contribution in [0.2, 0.25) is 0 Å². The number of fused-ring (bicyclic) bond motifs is 1. The zero-order valence-corrected chi connectivity index (χ0v) is 6.66. The zero-order chi connectivity index (χ0) is 9.26. The van der Waals surface area contributed by atoms with Gasteiger partial charge in [-0.15, -0.1) is 0 Å². The Kier molecular flexibility index (Phi) is 1.67. The van der Waals surface area contributed by atoms with E-state index >= 15 is 0 Å². The van der Waals surface area contributed by atoms with Crippen molar-refractivity contribution in [1.82, 2.24) is 4.98 Å². The van der Waals surface area contributed by atoms with Gasteiger partial charge in [-0.25, -0.2) is 4.39 Å². The van der Waals surface area contributed by atoms with Crippen molar-refractivity contribution in [2.75, 3.05) is 0 Å². The largest absolute Gasteiger partial charge is 0.255 e. The number of nitriles is 1. The molecule has 13 heavy (non-hydrogen) atoms. The summed E-state index contributed by atoms with van der Waals surface area (Å²) in [6.07, 6.45) is 1.43. The molecule has 1 heterocycles. The highest BCUT2D eigenvalue weighted by molar-refractivity contribution is 5.80. The number of halogens is 1. The standard InChI is InChI=1S/C10H5FN2/c11-9-2-1-3-10-8(9)4-7(5-12)6-13-10/h1-4,6H. The van der Waals surface area contributed by atoms with Crippen molar-refractivity contribution >= 4 is 10.9 Å². The molecule has 0 fully saturated rings. The van der Waals surface area contributed by atoms with Crippen LogP contribution in [0.15, 0.2) is 30.5 Å². The minimum Gasteiger partial charge on any atom is -0.255 e. The van der Waals surface area contributed by atoms with Gasteiger partial charge in [0.05, 0.1) is 11.1 Å². The lowest BCUT2D eigenvalue weighted by Crippen LogP contribution is -1.84. The molecular formula is C10H5FN2. The third-order valence-corrected chi connectivity index (χ3v) is 1.80. The van der Waals surface area contributed by atoms with E-state index in [9.17, 15) is 4.39 Å². The molecule has 0 aliphatic rings. The maximum absolute atomic E-state index is 13.2. The van der Waals surface area contributed by atoms with Crippen LogP contribution in [-0.2, 0) is 0 Å². The number of hydrogen-bond donors (Lipinski definition) is 0. The van der Waals surface area contributed by atoms with Crippen LogP contribution >= 0.6 is 0 Å². The molecule has 0 saturated carbocycles. The summed E-state index contributed by atoms with van der Waals surface area (Å²) < 4.78 is 13.2. The second kappa shape index (κ2) is 2.83. The van der Waals surface area contributed by atoms with Crippen molar-refractivity contribution in [1.29, 1.82) is 5.26 Å². The molecule has 1 aromatic heterocycles. The van der Waals surface area contributed by atoms with E-state index in [1.807, 2.05) is 6.07 Å². The Balaban J connectivity index is 2.84. The average Bonchev–Trinajstić information content (AvgIpc) is 2.18. The molecule has 1 aromatic carbocycles. The monoisotopic (exact) mass is 172 g/mol. The molecule has 62 valence electrons. The minimum atomic E-state index is -0.345. The third kappa shape index (κ3) is 1.23. The number of hydrogen-bond acceptors (Lipinski definition) is 2. The molecule has 0 bridgehead atoms. The highest BCUT2D eigenvalue weighted by atomic mass is 19.1. The molecular weight excluding hydrogens is 167 g/mol. The van der Waals surface area contributed by atoms with E-state index in [-0.39, 0.29) is 5.82 Å². The first-order chi connectivity index (χ1) is 6.31. The van der Waals surface area contributed by atoms with E-state index in [2.05, 4.69) is 4.98 Å². The highest BCUT2D eigenvalue weighted by Crippen LogP contribution is 2.16. The van der Waals surface area contributed by atoms with Crippen molar-refractivity contribution in [3.05, 3.63) is 41.8 Å². The maximum atomic E-state index is 13.2. The summed E-state index contributed by atoms with van der Waals surface area (Å²) in [6, 6.07) is 8.07. The third-order valence-electron chi connectivity index (χ3n) is 1.80. The van der Waals surface area contributed by atoms with Gasteiger partial charge in [-0.3, -0.25) is 4.98 Å². The molecule has 2 aromatic rings. The number of rotatable bonds is 0. The topological polar surface area (TPSA) is 36.7 Å². The minimum absolute atomic E-state index is 0.345. The summed E-state index contributed by atoms with van der Waals surface area (Å²) in [6.45, 7) is 0. The van der Waals surface area contributed by atoms with Gasteiger partial charge in [0.15, 0.2) is 0 Å². The fourth-order valence-electron chi connectivity index (χ4n) is 1.17. The van der Waals surface area contributed by atoms with Gasteiger partial charge in [0, 0.05) is 11.6 Å². The van der Waals surface area contributed by atoms with E-state index in [1.54, 1.807) is 12.1 Å². The first kappa shape index (κ1) is 7.69. The lowest BCUT2D eigenvalue weighted by molar-refractivity contribution is 0.639. The molecule has 0 N–H and O–H groups in total. The van der Waals surface area contributed by atoms with Gasteiger partial charge in [0.1, 0.15) is 11.9 Å². The van der Waals surface area contributed by atoms with Crippen LogP contribution < -0.4 is 0 Å². The zero-order valence-electron chi connectivity index (χ0n) is 6.66. The summed E-state index contributed by atoms with van der Waals surface area (Å²) in [7, 11) is 0. The van der Waals surface area contributed by atoms with Gasteiger partial charge in [-0.05, 0) is 18.2 Å². The van der Waals surface area contributed by atoms with E-state index in [4.69, 9.17) is 5.26 Å². The Labute approximate surface area is 74.3 Å². The summed E-state index contributed by atoms with van der Waals surface area (Å²) in [5.41, 5.74) is 0.941. The molecule has 2 rings (SSSR count). The van der Waals surface area contributed by atoms with Crippen molar-refractivity contribution in [2.45, 2.75) is 0 Å². The predicted molar refractivity (Wildman–Crippen MR) is 46.4 cm³/mol. The smallest absolute Gasteiger partial charge is 0.132 e. The second-order valence-corrected chi connectivity index (χ2v) is 2.64. The Morgan fingerprint density at radius 2 is 2.23 bits per heavy atom.